The molecule has 109 heavy (non-hydrogen) atoms. The van der Waals surface area contributed by atoms with Crippen molar-refractivity contribution in [2.45, 2.75) is 72.6 Å². The number of carbonyl (C=O) groups is 2. The summed E-state index contributed by atoms with van der Waals surface area (Å²) in [5, 5.41) is 37.3. The first-order valence-corrected chi connectivity index (χ1v) is 31.5. The van der Waals surface area contributed by atoms with Crippen LogP contribution in [0.5, 0.6) is 23.0 Å². The number of anilines is 2. The summed E-state index contributed by atoms with van der Waals surface area (Å²) in [6.07, 6.45) is 5.65. The van der Waals surface area contributed by atoms with Gasteiger partial charge in [-0.05, 0) is 149 Å². The zero-order chi connectivity index (χ0) is 77.0. The monoisotopic (exact) mass is 1640 g/mol. The Balaban J connectivity index is 0. The van der Waals surface area contributed by atoms with Crippen LogP contribution in [0.25, 0.3) is 45.0 Å². The molecular weight excluding hydrogens is 1580 g/mol. The number of rotatable bonds is 18. The van der Waals surface area contributed by atoms with Crippen molar-refractivity contribution in [1.29, 1.82) is 10.5 Å². The number of hydrogen-bond donors (Lipinski definition) is 6. The van der Waals surface area contributed by atoms with Crippen molar-refractivity contribution in [3.8, 4) is 80.2 Å². The number of nitrogens with one attached hydrogen (secondary N) is 1. The summed E-state index contributed by atoms with van der Waals surface area (Å²) in [5.74, 6) is -3.52. The summed E-state index contributed by atoms with van der Waals surface area (Å²) < 4.78 is 151. The number of carbonyl (C=O) groups excluding carboxylic acids is 1. The van der Waals surface area contributed by atoms with Crippen molar-refractivity contribution in [2.24, 2.45) is 5.73 Å². The molecule has 568 valence electrons. The second-order valence-electron chi connectivity index (χ2n) is 20.1. The van der Waals surface area contributed by atoms with E-state index in [0.717, 1.165) is 37.0 Å². The van der Waals surface area contributed by atoms with Gasteiger partial charge < -0.3 is 62.9 Å². The fourth-order valence-corrected chi connectivity index (χ4v) is 9.83. The molecule has 0 unspecified atom stereocenters. The standard InChI is InChI=1S/C25H21F3N6O2.C18H15FN4O2.C7H8F2N2O.C7H4F2N2O.C6H4N2O.C3H6BrF2O3P.CH4.Al.K.Li.H2O.4H/c1-13-10-16(11-14(2)32-13)21-20(15-5-7-17(26)8-6-15)34-23(29)22(33-21)24(35)31-12-18-19(36-25(27)28)4-3-9-30-18;1-9-7-12(8-10(2)21-9)15-14(11-3-5-13(19)6-4-11)23-17(20)16(22-15)18(24)25;2*8-7(9)12-6-2-1-3-11-5(6)4-10;7-4-5-6(9)2-1-3-8-5;1-8-10(7,9-2)3(4,5)6;;;;;;;;;/h3-11,25H,12H2,1-2H3,(H2,29,34)(H,31,35);3-8H,1-2H3,(H2,20,23)(H,24,25);1-3,7H,4,10H2;1-3,7H;1-3,9H;1-2H3;1H4;;;;1H2;;;;/q;;;;;;;;2*+1;;;;;-1/p-1. The Morgan fingerprint density at radius 2 is 0.936 bits per heavy atom. The molecule has 1 amide bonds. The van der Waals surface area contributed by atoms with Gasteiger partial charge in [0.1, 0.15) is 41.0 Å². The van der Waals surface area contributed by atoms with Crippen LogP contribution in [0.15, 0.2) is 146 Å². The molecule has 0 aliphatic carbocycles. The minimum absolute atomic E-state index is 0. The summed E-state index contributed by atoms with van der Waals surface area (Å²) in [7, 11) is -2.50. The number of amides is 1. The Morgan fingerprint density at radius 1 is 0.587 bits per heavy atom. The number of alkyl halides is 9. The molecule has 0 atom stereocenters. The van der Waals surface area contributed by atoms with E-state index in [9.17, 15) is 63.2 Å². The number of carboxylic acids is 1. The van der Waals surface area contributed by atoms with Gasteiger partial charge in [0.15, 0.2) is 63.3 Å². The Labute approximate surface area is 691 Å². The van der Waals surface area contributed by atoms with E-state index in [1.54, 1.807) is 54.6 Å². The first kappa shape index (κ1) is 99.8. The molecule has 10 rings (SSSR count). The van der Waals surface area contributed by atoms with Crippen molar-refractivity contribution in [3.05, 3.63) is 215 Å². The van der Waals surface area contributed by atoms with E-state index in [1.165, 1.54) is 104 Å². The molecule has 10 N–H and O–H groups in total. The van der Waals surface area contributed by atoms with Crippen LogP contribution in [-0.4, -0.2) is 133 Å². The van der Waals surface area contributed by atoms with Crippen LogP contribution in [0.3, 0.4) is 0 Å². The van der Waals surface area contributed by atoms with E-state index in [1.807, 2.05) is 43.6 Å². The number of nitrogens with two attached hydrogens (primary N) is 3. The van der Waals surface area contributed by atoms with Crippen molar-refractivity contribution in [3.63, 3.8) is 0 Å². The topological polar surface area (TPSA) is 434 Å². The predicted octanol–water partition coefficient (Wildman–Crippen LogP) is 6.88. The van der Waals surface area contributed by atoms with Gasteiger partial charge in [-0.3, -0.25) is 29.3 Å². The molecule has 0 aliphatic heterocycles. The number of aromatic nitrogens is 10. The number of nitriles is 2. The summed E-state index contributed by atoms with van der Waals surface area (Å²) >= 11 is 1.88. The molecule has 27 nitrogen and oxygen atoms in total. The molecule has 0 aliphatic rings. The number of aryl methyl sites for hydroxylation is 4. The maximum absolute atomic E-state index is 13.5. The van der Waals surface area contributed by atoms with Crippen molar-refractivity contribution >= 4 is 64.4 Å². The Morgan fingerprint density at radius 3 is 1.29 bits per heavy atom. The van der Waals surface area contributed by atoms with Crippen LogP contribution in [0, 0.1) is 62.0 Å². The third kappa shape index (κ3) is 31.0. The number of halogens is 11. The number of ether oxygens (including phenoxy) is 3. The maximum Gasteiger partial charge on any atom is 1.00 e. The zero-order valence-electron chi connectivity index (χ0n) is 58.3. The summed E-state index contributed by atoms with van der Waals surface area (Å²) in [4.78, 5) is 65.3. The van der Waals surface area contributed by atoms with Gasteiger partial charge in [-0.25, -0.2) is 43.5 Å². The fraction of sp³-hybridized carbons (Fsp3) is 0.194. The van der Waals surface area contributed by atoms with E-state index < -0.39 is 49.7 Å². The van der Waals surface area contributed by atoms with Gasteiger partial charge in [0.2, 0.25) is 0 Å². The SMILES string of the molecule is C.COP(=O)(OC)C(F)(F)Br.Cc1cc(-c2nc(C(=O)NCc3ncccc3OC(F)F)c(N)nc2-c2ccc(F)cc2)cc(C)n1.Cc1cc(-c2nc(C(=O)O)c(N)nc2-c2ccc(F)cc2)cc(C)n1.N#Cc1ncccc1O.N#Cc1ncccc1OC(F)F.NCc1ncccc1OC(F)F.[AlH3].[H-].[K+].[Li+].[OH-]. The van der Waals surface area contributed by atoms with E-state index in [-0.39, 0.29) is 184 Å². The fourth-order valence-electron chi connectivity index (χ4n) is 8.40. The molecule has 2 aromatic carbocycles. The summed E-state index contributed by atoms with van der Waals surface area (Å²) in [6.45, 7) is -1.64. The van der Waals surface area contributed by atoms with Crippen LogP contribution in [0.1, 0.15) is 75.4 Å². The largest absolute Gasteiger partial charge is 1.00 e. The van der Waals surface area contributed by atoms with Gasteiger partial charge in [0.25, 0.3) is 5.91 Å². The second-order valence-corrected chi connectivity index (χ2v) is 24.0. The van der Waals surface area contributed by atoms with Gasteiger partial charge in [-0.2, -0.15) is 45.6 Å². The van der Waals surface area contributed by atoms with Gasteiger partial charge in [0, 0.05) is 107 Å². The van der Waals surface area contributed by atoms with Crippen LogP contribution >= 0.6 is 23.5 Å². The molecule has 8 aromatic heterocycles. The average molecular weight is 1650 g/mol. The van der Waals surface area contributed by atoms with Crippen molar-refractivity contribution in [2.75, 3.05) is 25.7 Å². The van der Waals surface area contributed by atoms with Crippen LogP contribution < -0.4 is 107 Å². The molecule has 0 fully saturated rings. The Kier molecular flexibility index (Phi) is 44.3. The summed E-state index contributed by atoms with van der Waals surface area (Å²) in [5.41, 5.74) is 23.8. The third-order valence-corrected chi connectivity index (χ3v) is 15.6. The molecule has 42 heteroatoms. The minimum atomic E-state index is -4.28. The number of carboxylic acid groups (broad SMARTS) is 1. The number of benzene rings is 2. The smallest absolute Gasteiger partial charge is 1.00 e. The van der Waals surface area contributed by atoms with Gasteiger partial charge >= 0.3 is 108 Å². The number of nitrogens with zero attached hydrogens (tertiary/aromatic N) is 12. The quantitative estimate of drug-likeness (QED) is 0.0220. The molecular formula is C67H67AlBrF10KLiN16O11P. The van der Waals surface area contributed by atoms with Gasteiger partial charge in [0.05, 0.1) is 35.0 Å². The molecule has 0 spiro atoms. The van der Waals surface area contributed by atoms with Crippen LogP contribution in [0.4, 0.5) is 55.5 Å². The van der Waals surface area contributed by atoms with Crippen molar-refractivity contribution in [1.82, 2.24) is 55.2 Å². The van der Waals surface area contributed by atoms with E-state index in [0.29, 0.717) is 50.7 Å². The second kappa shape index (κ2) is 48.4. The van der Waals surface area contributed by atoms with E-state index in [4.69, 9.17) is 32.8 Å². The average Bonchev–Trinajstić information content (AvgIpc) is 0.783. The molecule has 10 aromatic rings. The van der Waals surface area contributed by atoms with Crippen LogP contribution in [0.2, 0.25) is 0 Å². The number of nitrogen functional groups attached to an aromatic ring is 2. The molecule has 0 radical (unpaired) electrons. The molecule has 0 saturated carbocycles. The van der Waals surface area contributed by atoms with E-state index in [2.05, 4.69) is 78.4 Å². The number of hydrogen-bond acceptors (Lipinski definition) is 25. The van der Waals surface area contributed by atoms with Crippen LogP contribution in [-0.2, 0) is 26.7 Å². The van der Waals surface area contributed by atoms with E-state index >= 15 is 0 Å². The summed E-state index contributed by atoms with van der Waals surface area (Å²) in [6, 6.07) is 33.2. The third-order valence-electron chi connectivity index (χ3n) is 12.7. The molecule has 8 heterocycles. The van der Waals surface area contributed by atoms with Gasteiger partial charge in [-0.1, -0.05) is 7.43 Å². The Bertz CT molecular complexity index is 4690. The normalized spacial score (nSPS) is 10.2. The maximum atomic E-state index is 13.5. The molecule has 0 bridgehead atoms. The Hall–Kier alpha value is -9.16. The molecule has 0 saturated heterocycles. The number of aromatic carboxylic acids is 1. The zero-order valence-corrected chi connectivity index (χ0v) is 62.9. The predicted molar refractivity (Wildman–Crippen MR) is 378 cm³/mol. The number of pyridine rings is 6. The van der Waals surface area contributed by atoms with Crippen molar-refractivity contribution < 1.29 is 169 Å². The number of aromatic hydroxyl groups is 1. The first-order valence-electron chi connectivity index (χ1n) is 29.1. The first-order chi connectivity index (χ1) is 49.2. The minimum Gasteiger partial charge on any atom is -1.00 e. The van der Waals surface area contributed by atoms with Gasteiger partial charge in [-0.15, -0.1) is 0 Å².